The van der Waals surface area contributed by atoms with Crippen LogP contribution >= 0.6 is 0 Å². The first-order valence-electron chi connectivity index (χ1n) is 8.75. The lowest BCUT2D eigenvalue weighted by molar-refractivity contribution is -0.151. The van der Waals surface area contributed by atoms with Gasteiger partial charge < -0.3 is 9.47 Å². The van der Waals surface area contributed by atoms with E-state index in [-0.39, 0.29) is 23.5 Å². The van der Waals surface area contributed by atoms with Crippen LogP contribution < -0.4 is 0 Å². The minimum Gasteiger partial charge on any atom is -0.454 e. The Morgan fingerprint density at radius 2 is 2.17 bits per heavy atom. The first-order valence-corrected chi connectivity index (χ1v) is 8.75. The van der Waals surface area contributed by atoms with Crippen molar-refractivity contribution >= 4 is 11.9 Å². The fourth-order valence-corrected chi connectivity index (χ4v) is 4.26. The van der Waals surface area contributed by atoms with Crippen LogP contribution in [0.2, 0.25) is 0 Å². The van der Waals surface area contributed by atoms with Crippen LogP contribution in [0.4, 0.5) is 0 Å². The molecule has 3 rings (SSSR count). The number of ether oxygens (including phenoxy) is 2. The van der Waals surface area contributed by atoms with E-state index in [4.69, 9.17) is 9.47 Å². The van der Waals surface area contributed by atoms with Gasteiger partial charge in [0.05, 0.1) is 0 Å². The molecule has 4 unspecified atom stereocenters. The average molecular weight is 330 g/mol. The van der Waals surface area contributed by atoms with Crippen molar-refractivity contribution in [3.8, 4) is 0 Å². The summed E-state index contributed by atoms with van der Waals surface area (Å²) < 4.78 is 11.5. The third kappa shape index (κ3) is 2.35. The zero-order valence-corrected chi connectivity index (χ0v) is 15.1. The molecule has 0 amide bonds. The molecule has 4 atom stereocenters. The number of hydrogen-bond donors (Lipinski definition) is 0. The largest absolute Gasteiger partial charge is 0.454 e. The van der Waals surface area contributed by atoms with E-state index in [0.717, 1.165) is 24.8 Å². The second kappa shape index (κ2) is 5.91. The van der Waals surface area contributed by atoms with Crippen LogP contribution in [-0.4, -0.2) is 24.1 Å². The first-order chi connectivity index (χ1) is 11.3. The van der Waals surface area contributed by atoms with Crippen LogP contribution in [0.1, 0.15) is 53.9 Å². The zero-order valence-electron chi connectivity index (χ0n) is 15.1. The van der Waals surface area contributed by atoms with Gasteiger partial charge in [-0.05, 0) is 39.5 Å². The molecule has 0 aromatic carbocycles. The van der Waals surface area contributed by atoms with Crippen molar-refractivity contribution in [3.63, 3.8) is 0 Å². The van der Waals surface area contributed by atoms with Gasteiger partial charge in [-0.25, -0.2) is 9.59 Å². The molecule has 130 valence electrons. The van der Waals surface area contributed by atoms with Gasteiger partial charge in [0, 0.05) is 28.6 Å². The minimum absolute atomic E-state index is 0.275. The van der Waals surface area contributed by atoms with Gasteiger partial charge in [0.15, 0.2) is 0 Å². The zero-order chi connectivity index (χ0) is 17.6. The molecule has 0 spiro atoms. The summed E-state index contributed by atoms with van der Waals surface area (Å²) in [4.78, 5) is 24.6. The molecule has 3 aliphatic rings. The monoisotopic (exact) mass is 330 g/mol. The van der Waals surface area contributed by atoms with Crippen LogP contribution in [0.3, 0.4) is 0 Å². The van der Waals surface area contributed by atoms with Gasteiger partial charge >= 0.3 is 11.9 Å². The molecule has 4 heteroatoms. The van der Waals surface area contributed by atoms with Gasteiger partial charge in [-0.2, -0.15) is 0 Å². The average Bonchev–Trinajstić information content (AvgIpc) is 2.83. The van der Waals surface area contributed by atoms with Crippen molar-refractivity contribution in [2.45, 2.75) is 66.1 Å². The predicted octanol–water partition coefficient (Wildman–Crippen LogP) is 3.87. The highest BCUT2D eigenvalue weighted by molar-refractivity contribution is 5.93. The SMILES string of the molecule is CC=C(C)C(=O)OC1C2=C(C)C(=O)OC2CC2=CCCC(C)C21C. The van der Waals surface area contributed by atoms with E-state index in [9.17, 15) is 9.59 Å². The summed E-state index contributed by atoms with van der Waals surface area (Å²) in [6.07, 6.45) is 6.08. The van der Waals surface area contributed by atoms with Gasteiger partial charge in [0.25, 0.3) is 0 Å². The summed E-state index contributed by atoms with van der Waals surface area (Å²) in [5.74, 6) is -0.228. The van der Waals surface area contributed by atoms with Crippen molar-refractivity contribution in [1.82, 2.24) is 0 Å². The van der Waals surface area contributed by atoms with Gasteiger partial charge in [-0.15, -0.1) is 0 Å². The molecular weight excluding hydrogens is 304 g/mol. The van der Waals surface area contributed by atoms with Crippen LogP contribution in [0, 0.1) is 11.3 Å². The first kappa shape index (κ1) is 17.0. The lowest BCUT2D eigenvalue weighted by atomic mass is 9.57. The van der Waals surface area contributed by atoms with Crippen LogP contribution in [-0.2, 0) is 19.1 Å². The molecule has 0 N–H and O–H groups in total. The maximum absolute atomic E-state index is 12.5. The molecule has 2 aliphatic carbocycles. The number of allylic oxidation sites excluding steroid dienone is 2. The predicted molar refractivity (Wildman–Crippen MR) is 91.1 cm³/mol. The number of fused-ring (bicyclic) bond motifs is 2. The van der Waals surface area contributed by atoms with Crippen molar-refractivity contribution in [3.05, 3.63) is 34.4 Å². The summed E-state index contributed by atoms with van der Waals surface area (Å²) in [6, 6.07) is 0. The molecule has 1 aliphatic heterocycles. The maximum Gasteiger partial charge on any atom is 0.334 e. The van der Waals surface area contributed by atoms with Gasteiger partial charge in [0.1, 0.15) is 12.2 Å². The number of esters is 2. The Morgan fingerprint density at radius 1 is 1.46 bits per heavy atom. The highest BCUT2D eigenvalue weighted by atomic mass is 16.6. The number of rotatable bonds is 2. The summed E-state index contributed by atoms with van der Waals surface area (Å²) in [7, 11) is 0. The molecule has 0 radical (unpaired) electrons. The van der Waals surface area contributed by atoms with Crippen molar-refractivity contribution < 1.29 is 19.1 Å². The quantitative estimate of drug-likeness (QED) is 0.438. The Bertz CT molecular complexity index is 682. The normalized spacial score (nSPS) is 35.9. The van der Waals surface area contributed by atoms with Gasteiger partial charge in [0.2, 0.25) is 0 Å². The second-order valence-corrected chi connectivity index (χ2v) is 7.43. The van der Waals surface area contributed by atoms with Crippen LogP contribution in [0.15, 0.2) is 34.4 Å². The summed E-state index contributed by atoms with van der Waals surface area (Å²) in [6.45, 7) is 9.74. The molecule has 1 heterocycles. The number of carbonyl (C=O) groups is 2. The molecule has 1 fully saturated rings. The molecular formula is C20H26O4. The Morgan fingerprint density at radius 3 is 2.83 bits per heavy atom. The van der Waals surface area contributed by atoms with E-state index in [1.807, 2.05) is 6.92 Å². The van der Waals surface area contributed by atoms with Crippen LogP contribution in [0.5, 0.6) is 0 Å². The minimum atomic E-state index is -0.438. The fraction of sp³-hybridized carbons (Fsp3) is 0.600. The fourth-order valence-electron chi connectivity index (χ4n) is 4.26. The third-order valence-corrected chi connectivity index (χ3v) is 6.25. The highest BCUT2D eigenvalue weighted by Crippen LogP contribution is 2.55. The smallest absolute Gasteiger partial charge is 0.334 e. The summed E-state index contributed by atoms with van der Waals surface area (Å²) in [5, 5.41) is 0. The van der Waals surface area contributed by atoms with E-state index in [1.165, 1.54) is 5.57 Å². The maximum atomic E-state index is 12.5. The molecule has 0 aromatic rings. The van der Waals surface area contributed by atoms with E-state index >= 15 is 0 Å². The Hall–Kier alpha value is -1.84. The van der Waals surface area contributed by atoms with E-state index in [0.29, 0.717) is 17.1 Å². The Balaban J connectivity index is 2.10. The van der Waals surface area contributed by atoms with E-state index in [2.05, 4.69) is 19.9 Å². The lowest BCUT2D eigenvalue weighted by Crippen LogP contribution is -2.51. The molecule has 0 saturated heterocycles. The second-order valence-electron chi connectivity index (χ2n) is 7.43. The topological polar surface area (TPSA) is 52.6 Å². The highest BCUT2D eigenvalue weighted by Gasteiger charge is 2.56. The van der Waals surface area contributed by atoms with E-state index in [1.54, 1.807) is 19.9 Å². The summed E-state index contributed by atoms with van der Waals surface area (Å²) >= 11 is 0. The van der Waals surface area contributed by atoms with Crippen LogP contribution in [0.25, 0.3) is 0 Å². The van der Waals surface area contributed by atoms with Crippen molar-refractivity contribution in [2.75, 3.05) is 0 Å². The van der Waals surface area contributed by atoms with Crippen molar-refractivity contribution in [1.29, 1.82) is 0 Å². The Kier molecular flexibility index (Phi) is 4.18. The number of hydrogen-bond acceptors (Lipinski definition) is 4. The summed E-state index contributed by atoms with van der Waals surface area (Å²) in [5.41, 5.74) is 3.04. The molecule has 4 nitrogen and oxygen atoms in total. The molecule has 0 bridgehead atoms. The van der Waals surface area contributed by atoms with Gasteiger partial charge in [-0.1, -0.05) is 31.6 Å². The molecule has 24 heavy (non-hydrogen) atoms. The van der Waals surface area contributed by atoms with Crippen molar-refractivity contribution in [2.24, 2.45) is 11.3 Å². The lowest BCUT2D eigenvalue weighted by Gasteiger charge is -2.50. The third-order valence-electron chi connectivity index (χ3n) is 6.25. The molecule has 0 aromatic heterocycles. The van der Waals surface area contributed by atoms with Gasteiger partial charge in [-0.3, -0.25) is 0 Å². The van der Waals surface area contributed by atoms with E-state index < -0.39 is 6.10 Å². The Labute approximate surface area is 143 Å². The standard InChI is InChI=1S/C20H26O4/c1-6-11(2)18(21)24-17-16-13(4)19(22)23-15(16)10-14-9-7-8-12(3)20(14,17)5/h6,9,12,15,17H,7-8,10H2,1-5H3. The number of carbonyl (C=O) groups excluding carboxylic acids is 2. The molecule has 1 saturated carbocycles.